The maximum atomic E-state index is 10.2. The zero-order valence-corrected chi connectivity index (χ0v) is 14.6. The van der Waals surface area contributed by atoms with Crippen molar-refractivity contribution in [2.45, 2.75) is 72.6 Å². The van der Waals surface area contributed by atoms with E-state index in [9.17, 15) is 8.78 Å². The zero-order chi connectivity index (χ0) is 13.4. The first-order chi connectivity index (χ1) is 8.26. The molecule has 0 aliphatic heterocycles. The summed E-state index contributed by atoms with van der Waals surface area (Å²) in [5, 5.41) is 0. The Kier molecular flexibility index (Phi) is 21.8. The van der Waals surface area contributed by atoms with E-state index in [1.54, 1.807) is 13.3 Å². The van der Waals surface area contributed by atoms with E-state index in [-0.39, 0.29) is 12.7 Å². The second kappa shape index (κ2) is 18.8. The molecule has 0 fully saturated rings. The van der Waals surface area contributed by atoms with E-state index in [2.05, 4.69) is 20.8 Å². The summed E-state index contributed by atoms with van der Waals surface area (Å²) >= 11 is -0.839. The third-order valence-corrected chi connectivity index (χ3v) is 11.8. The number of halogens is 2. The first kappa shape index (κ1) is 19.7. The molecule has 0 aromatic heterocycles. The van der Waals surface area contributed by atoms with Crippen molar-refractivity contribution in [3.05, 3.63) is 12.7 Å². The number of hydrogen-bond acceptors (Lipinski definition) is 0. The van der Waals surface area contributed by atoms with Crippen molar-refractivity contribution in [1.82, 2.24) is 0 Å². The Hall–Kier alpha value is 0.399. The average Bonchev–Trinajstić information content (AvgIpc) is 2.38. The maximum absolute atomic E-state index is 10.2. The van der Waals surface area contributed by atoms with Crippen molar-refractivity contribution >= 4 is 19.8 Å². The normalized spacial score (nSPS) is 10.7. The van der Waals surface area contributed by atoms with Gasteiger partial charge in [0.1, 0.15) is 12.7 Å². The van der Waals surface area contributed by atoms with Crippen LogP contribution in [0.1, 0.15) is 59.3 Å². The Labute approximate surface area is 114 Å². The molecule has 0 heterocycles. The third kappa shape index (κ3) is 18.9. The minimum atomic E-state index is -0.839. The molecule has 103 valence electrons. The Morgan fingerprint density at radius 2 is 1.00 bits per heavy atom. The number of unbranched alkanes of at least 4 members (excludes halogenated alkanes) is 3. The molecule has 17 heavy (non-hydrogen) atoms. The second-order valence-corrected chi connectivity index (χ2v) is 12.9. The standard InChI is InChI=1S/3C4H9.C2H2F2.Sn/c3*1-3-4-2;3-1-2-4;/h3*1,3-4H2,2H3;1-2H;. The summed E-state index contributed by atoms with van der Waals surface area (Å²) in [7, 11) is 0. The zero-order valence-electron chi connectivity index (χ0n) is 11.8. The van der Waals surface area contributed by atoms with Crippen LogP contribution < -0.4 is 0 Å². The van der Waals surface area contributed by atoms with Gasteiger partial charge in [-0.2, -0.15) is 0 Å². The fourth-order valence-electron chi connectivity index (χ4n) is 1.66. The topological polar surface area (TPSA) is 0 Å². The van der Waals surface area contributed by atoms with Gasteiger partial charge in [0.15, 0.2) is 0 Å². The van der Waals surface area contributed by atoms with Crippen LogP contribution in [0.2, 0.25) is 13.3 Å². The third-order valence-electron chi connectivity index (χ3n) is 2.70. The van der Waals surface area contributed by atoms with Crippen molar-refractivity contribution in [1.29, 1.82) is 0 Å². The monoisotopic (exact) mass is 355 g/mol. The van der Waals surface area contributed by atoms with Crippen LogP contribution >= 0.6 is 0 Å². The number of hydrogen-bond donors (Lipinski definition) is 0. The minimum Gasteiger partial charge on any atom is -0.213 e. The van der Waals surface area contributed by atoms with Gasteiger partial charge in [-0.05, 0) is 0 Å². The molecular weight excluding hydrogens is 325 g/mol. The molecule has 3 heteroatoms. The molecular formula is C14H29F2Sn. The summed E-state index contributed by atoms with van der Waals surface area (Å²) in [6.45, 7) is 7.00. The van der Waals surface area contributed by atoms with Crippen LogP contribution in [0.15, 0.2) is 12.7 Å². The Bertz CT molecular complexity index is 126. The van der Waals surface area contributed by atoms with Gasteiger partial charge in [-0.25, -0.2) is 8.78 Å². The van der Waals surface area contributed by atoms with Crippen molar-refractivity contribution in [3.63, 3.8) is 0 Å². The van der Waals surface area contributed by atoms with E-state index in [4.69, 9.17) is 0 Å². The van der Waals surface area contributed by atoms with Crippen molar-refractivity contribution in [2.75, 3.05) is 0 Å². The average molecular weight is 354 g/mol. The molecule has 0 spiro atoms. The quantitative estimate of drug-likeness (QED) is 0.428. The van der Waals surface area contributed by atoms with Crippen molar-refractivity contribution < 1.29 is 8.78 Å². The van der Waals surface area contributed by atoms with E-state index in [1.807, 2.05) is 0 Å². The smallest absolute Gasteiger partial charge is 0.115 e. The summed E-state index contributed by atoms with van der Waals surface area (Å²) in [5.41, 5.74) is 0. The van der Waals surface area contributed by atoms with Crippen LogP contribution in [0.5, 0.6) is 0 Å². The van der Waals surface area contributed by atoms with E-state index in [1.165, 1.54) is 38.5 Å². The van der Waals surface area contributed by atoms with Gasteiger partial charge in [-0.15, -0.1) is 0 Å². The second-order valence-electron chi connectivity index (χ2n) is 4.31. The van der Waals surface area contributed by atoms with Gasteiger partial charge < -0.3 is 0 Å². The largest absolute Gasteiger partial charge is 0.213 e. The molecule has 0 bridgehead atoms. The molecule has 1 radical (unpaired) electrons. The fourth-order valence-corrected chi connectivity index (χ4v) is 11.1. The van der Waals surface area contributed by atoms with Crippen molar-refractivity contribution in [2.24, 2.45) is 0 Å². The summed E-state index contributed by atoms with van der Waals surface area (Å²) in [4.78, 5) is 0. The van der Waals surface area contributed by atoms with Crippen LogP contribution in [-0.2, 0) is 0 Å². The summed E-state index contributed by atoms with van der Waals surface area (Å²) in [6, 6.07) is 0. The van der Waals surface area contributed by atoms with E-state index < -0.39 is 19.8 Å². The molecule has 0 N–H and O–H groups in total. The maximum Gasteiger partial charge on any atom is 0.115 e. The summed E-state index contributed by atoms with van der Waals surface area (Å²) < 4.78 is 25.4. The molecule has 0 aromatic rings. The SMILES string of the molecule is CCC[CH2][Sn]([CH2]CCC)[CH2]CCC.FC=CF. The summed E-state index contributed by atoms with van der Waals surface area (Å²) in [6.07, 6.45) is 8.51. The molecule has 0 rings (SSSR count). The Morgan fingerprint density at radius 1 is 0.706 bits per heavy atom. The molecule has 0 saturated heterocycles. The molecule has 0 atom stereocenters. The van der Waals surface area contributed by atoms with Crippen LogP contribution in [0, 0.1) is 0 Å². The predicted octanol–water partition coefficient (Wildman–Crippen LogP) is 6.28. The number of rotatable bonds is 9. The van der Waals surface area contributed by atoms with Crippen molar-refractivity contribution in [3.8, 4) is 0 Å². The fraction of sp³-hybridized carbons (Fsp3) is 0.857. The molecule has 0 aromatic carbocycles. The van der Waals surface area contributed by atoms with Crippen LogP contribution in [-0.4, -0.2) is 19.8 Å². The first-order valence-electron chi connectivity index (χ1n) is 6.95. The molecule has 0 amide bonds. The molecule has 0 unspecified atom stereocenters. The Balaban J connectivity index is 0. The molecule has 0 nitrogen and oxygen atoms in total. The van der Waals surface area contributed by atoms with Crippen LogP contribution in [0.25, 0.3) is 0 Å². The van der Waals surface area contributed by atoms with Gasteiger partial charge in [0.2, 0.25) is 0 Å². The molecule has 0 aliphatic carbocycles. The molecule has 0 saturated carbocycles. The van der Waals surface area contributed by atoms with Gasteiger partial charge in [-0.3, -0.25) is 0 Å². The first-order valence-corrected chi connectivity index (χ1v) is 13.0. The molecule has 0 aliphatic rings. The summed E-state index contributed by atoms with van der Waals surface area (Å²) in [5.74, 6) is 0. The van der Waals surface area contributed by atoms with E-state index in [0.29, 0.717) is 0 Å². The minimum absolute atomic E-state index is 0.167. The van der Waals surface area contributed by atoms with E-state index >= 15 is 0 Å². The van der Waals surface area contributed by atoms with Crippen LogP contribution in [0.3, 0.4) is 0 Å². The van der Waals surface area contributed by atoms with Gasteiger partial charge in [-0.1, -0.05) is 0 Å². The van der Waals surface area contributed by atoms with Gasteiger partial charge in [0.25, 0.3) is 0 Å². The van der Waals surface area contributed by atoms with Gasteiger partial charge in [0.05, 0.1) is 0 Å². The Morgan fingerprint density at radius 3 is 1.18 bits per heavy atom. The van der Waals surface area contributed by atoms with Gasteiger partial charge in [0, 0.05) is 0 Å². The van der Waals surface area contributed by atoms with Crippen LogP contribution in [0.4, 0.5) is 8.78 Å². The predicted molar refractivity (Wildman–Crippen MR) is 76.3 cm³/mol. The van der Waals surface area contributed by atoms with Gasteiger partial charge >= 0.3 is 92.4 Å². The van der Waals surface area contributed by atoms with E-state index in [0.717, 1.165) is 0 Å².